The Morgan fingerprint density at radius 2 is 2.12 bits per heavy atom. The van der Waals surface area contributed by atoms with Crippen LogP contribution in [0, 0.1) is 5.41 Å². The minimum atomic E-state index is 0.536. The quantitative estimate of drug-likeness (QED) is 0.786. The van der Waals surface area contributed by atoms with Gasteiger partial charge in [-0.05, 0) is 50.6 Å². The van der Waals surface area contributed by atoms with E-state index in [1.807, 2.05) is 0 Å². The number of hydrogen-bond acceptors (Lipinski definition) is 2. The van der Waals surface area contributed by atoms with Crippen LogP contribution in [0.25, 0.3) is 0 Å². The fourth-order valence-corrected chi connectivity index (χ4v) is 2.47. The normalized spacial score (nSPS) is 17.4. The maximum atomic E-state index is 4.64. The molecule has 0 spiro atoms. The summed E-state index contributed by atoms with van der Waals surface area (Å²) in [6, 6.07) is 2.30. The average molecular weight is 235 g/mol. The van der Waals surface area contributed by atoms with Crippen molar-refractivity contribution in [3.63, 3.8) is 0 Å². The van der Waals surface area contributed by atoms with Crippen LogP contribution in [0.1, 0.15) is 45.0 Å². The summed E-state index contributed by atoms with van der Waals surface area (Å²) in [7, 11) is 0. The first-order valence-electron chi connectivity index (χ1n) is 6.99. The second kappa shape index (κ2) is 5.21. The molecule has 1 N–H and O–H groups in total. The lowest BCUT2D eigenvalue weighted by molar-refractivity contribution is 0.443. The van der Waals surface area contributed by atoms with Gasteiger partial charge < -0.3 is 5.32 Å². The molecule has 2 rings (SSSR count). The Kier molecular flexibility index (Phi) is 3.87. The van der Waals surface area contributed by atoms with Crippen molar-refractivity contribution in [2.75, 3.05) is 13.1 Å². The Morgan fingerprint density at radius 3 is 2.65 bits per heavy atom. The summed E-state index contributed by atoms with van der Waals surface area (Å²) >= 11 is 0. The highest BCUT2D eigenvalue weighted by Crippen LogP contribution is 2.47. The van der Waals surface area contributed by atoms with Gasteiger partial charge in [-0.15, -0.1) is 0 Å². The second-order valence-corrected chi connectivity index (χ2v) is 5.25. The number of aryl methyl sites for hydroxylation is 2. The zero-order valence-electron chi connectivity index (χ0n) is 11.4. The number of hydrogen-bond donors (Lipinski definition) is 1. The van der Waals surface area contributed by atoms with E-state index >= 15 is 0 Å². The van der Waals surface area contributed by atoms with Crippen LogP contribution in [0.3, 0.4) is 0 Å². The molecule has 1 aliphatic carbocycles. The first-order valence-corrected chi connectivity index (χ1v) is 6.99. The van der Waals surface area contributed by atoms with Crippen LogP contribution in [-0.4, -0.2) is 22.9 Å². The second-order valence-electron chi connectivity index (χ2n) is 5.25. The van der Waals surface area contributed by atoms with E-state index in [1.165, 1.54) is 37.2 Å². The van der Waals surface area contributed by atoms with Gasteiger partial charge in [0, 0.05) is 18.8 Å². The summed E-state index contributed by atoms with van der Waals surface area (Å²) in [6.45, 7) is 9.78. The molecular formula is C14H25N3. The molecule has 3 heteroatoms. The molecule has 0 aromatic carbocycles. The summed E-state index contributed by atoms with van der Waals surface area (Å²) in [5.74, 6) is 0. The lowest BCUT2D eigenvalue weighted by atomic mass is 9.99. The molecule has 0 radical (unpaired) electrons. The molecule has 1 heterocycles. The van der Waals surface area contributed by atoms with Crippen LogP contribution >= 0.6 is 0 Å². The lowest BCUT2D eigenvalue weighted by Gasteiger charge is -2.15. The van der Waals surface area contributed by atoms with Gasteiger partial charge in [0.25, 0.3) is 0 Å². The van der Waals surface area contributed by atoms with E-state index in [1.54, 1.807) is 0 Å². The van der Waals surface area contributed by atoms with Crippen molar-refractivity contribution in [3.05, 3.63) is 17.5 Å². The maximum absolute atomic E-state index is 4.64. The van der Waals surface area contributed by atoms with Crippen LogP contribution in [-0.2, 0) is 19.4 Å². The third-order valence-corrected chi connectivity index (χ3v) is 3.84. The van der Waals surface area contributed by atoms with Crippen molar-refractivity contribution < 1.29 is 0 Å². The maximum Gasteiger partial charge on any atom is 0.0624 e. The zero-order chi connectivity index (χ0) is 12.3. The first kappa shape index (κ1) is 12.6. The highest BCUT2D eigenvalue weighted by atomic mass is 15.3. The smallest absolute Gasteiger partial charge is 0.0624 e. The third-order valence-electron chi connectivity index (χ3n) is 3.84. The van der Waals surface area contributed by atoms with Crippen molar-refractivity contribution in [3.8, 4) is 0 Å². The van der Waals surface area contributed by atoms with Crippen LogP contribution in [0.5, 0.6) is 0 Å². The van der Waals surface area contributed by atoms with Crippen LogP contribution in [0.2, 0.25) is 0 Å². The minimum absolute atomic E-state index is 0.536. The zero-order valence-corrected chi connectivity index (χ0v) is 11.4. The van der Waals surface area contributed by atoms with Gasteiger partial charge in [0.15, 0.2) is 0 Å². The fourth-order valence-electron chi connectivity index (χ4n) is 2.47. The highest BCUT2D eigenvalue weighted by molar-refractivity contribution is 5.15. The molecule has 0 bridgehead atoms. The Morgan fingerprint density at radius 1 is 1.35 bits per heavy atom. The molecule has 0 saturated heterocycles. The van der Waals surface area contributed by atoms with E-state index in [-0.39, 0.29) is 0 Å². The van der Waals surface area contributed by atoms with E-state index < -0.39 is 0 Å². The topological polar surface area (TPSA) is 29.9 Å². The molecule has 96 valence electrons. The molecule has 0 unspecified atom stereocenters. The predicted molar refractivity (Wildman–Crippen MR) is 71.2 cm³/mol. The molecule has 0 aliphatic heterocycles. The van der Waals surface area contributed by atoms with Crippen molar-refractivity contribution in [2.24, 2.45) is 5.41 Å². The molecule has 3 nitrogen and oxygen atoms in total. The van der Waals surface area contributed by atoms with Gasteiger partial charge in [0.05, 0.1) is 5.69 Å². The number of rotatable bonds is 7. The van der Waals surface area contributed by atoms with Crippen molar-refractivity contribution >= 4 is 0 Å². The Labute approximate surface area is 105 Å². The van der Waals surface area contributed by atoms with E-state index in [0.717, 1.165) is 19.5 Å². The summed E-state index contributed by atoms with van der Waals surface area (Å²) in [5, 5.41) is 8.14. The Hall–Kier alpha value is -0.830. The van der Waals surface area contributed by atoms with Crippen molar-refractivity contribution in [2.45, 2.75) is 53.0 Å². The molecule has 1 fully saturated rings. The van der Waals surface area contributed by atoms with Gasteiger partial charge in [-0.25, -0.2) is 0 Å². The number of nitrogens with zero attached hydrogens (tertiary/aromatic N) is 2. The van der Waals surface area contributed by atoms with E-state index in [4.69, 9.17) is 0 Å². The Bertz CT molecular complexity index is 364. The van der Waals surface area contributed by atoms with Gasteiger partial charge in [-0.1, -0.05) is 13.8 Å². The minimum Gasteiger partial charge on any atom is -0.316 e. The summed E-state index contributed by atoms with van der Waals surface area (Å²) in [6.07, 6.45) is 4.98. The molecule has 1 aromatic rings. The van der Waals surface area contributed by atoms with Crippen LogP contribution in [0.15, 0.2) is 6.07 Å². The molecule has 1 saturated carbocycles. The van der Waals surface area contributed by atoms with Gasteiger partial charge in [0.1, 0.15) is 0 Å². The standard InChI is InChI=1S/C14H25N3/c1-4-12-9-13(17(6-3)16-12)10-14(7-8-14)11-15-5-2/h9,15H,4-8,10-11H2,1-3H3. The molecule has 0 amide bonds. The first-order chi connectivity index (χ1) is 8.23. The summed E-state index contributed by atoms with van der Waals surface area (Å²) < 4.78 is 2.19. The van der Waals surface area contributed by atoms with Gasteiger partial charge in [0.2, 0.25) is 0 Å². The average Bonchev–Trinajstić information content (AvgIpc) is 2.99. The van der Waals surface area contributed by atoms with Crippen molar-refractivity contribution in [1.82, 2.24) is 15.1 Å². The lowest BCUT2D eigenvalue weighted by Crippen LogP contribution is -2.26. The predicted octanol–water partition coefficient (Wildman–Crippen LogP) is 2.40. The molecule has 1 aliphatic rings. The SMILES string of the molecule is CCNCC1(Cc2cc(CC)nn2CC)CC1. The molecule has 17 heavy (non-hydrogen) atoms. The molecular weight excluding hydrogens is 210 g/mol. The highest BCUT2D eigenvalue weighted by Gasteiger charge is 2.42. The molecule has 1 aromatic heterocycles. The number of aromatic nitrogens is 2. The monoisotopic (exact) mass is 235 g/mol. The third kappa shape index (κ3) is 2.89. The van der Waals surface area contributed by atoms with E-state index in [0.29, 0.717) is 5.41 Å². The Balaban J connectivity index is 2.04. The van der Waals surface area contributed by atoms with E-state index in [9.17, 15) is 0 Å². The molecule has 0 atom stereocenters. The van der Waals surface area contributed by atoms with Crippen LogP contribution in [0.4, 0.5) is 0 Å². The summed E-state index contributed by atoms with van der Waals surface area (Å²) in [4.78, 5) is 0. The largest absolute Gasteiger partial charge is 0.316 e. The summed E-state index contributed by atoms with van der Waals surface area (Å²) in [5.41, 5.74) is 3.20. The number of nitrogens with one attached hydrogen (secondary N) is 1. The van der Waals surface area contributed by atoms with Gasteiger partial charge >= 0.3 is 0 Å². The fraction of sp³-hybridized carbons (Fsp3) is 0.786. The van der Waals surface area contributed by atoms with Gasteiger partial charge in [-0.2, -0.15) is 5.10 Å². The van der Waals surface area contributed by atoms with Crippen molar-refractivity contribution in [1.29, 1.82) is 0 Å². The van der Waals surface area contributed by atoms with Gasteiger partial charge in [-0.3, -0.25) is 4.68 Å². The van der Waals surface area contributed by atoms with Crippen LogP contribution < -0.4 is 5.32 Å². The van der Waals surface area contributed by atoms with E-state index in [2.05, 4.69) is 41.9 Å².